The fourth-order valence-corrected chi connectivity index (χ4v) is 3.24. The van der Waals surface area contributed by atoms with E-state index in [1.54, 1.807) is 30.3 Å². The van der Waals surface area contributed by atoms with Crippen molar-refractivity contribution < 1.29 is 24.7 Å². The quantitative estimate of drug-likeness (QED) is 0.368. The lowest BCUT2D eigenvalue weighted by Crippen LogP contribution is -2.22. The monoisotopic (exact) mass is 376 g/mol. The summed E-state index contributed by atoms with van der Waals surface area (Å²) in [5.41, 5.74) is -0.620. The van der Waals surface area contributed by atoms with Crippen molar-refractivity contribution in [3.05, 3.63) is 87.0 Å². The zero-order valence-corrected chi connectivity index (χ0v) is 14.2. The third-order valence-corrected chi connectivity index (χ3v) is 4.47. The van der Waals surface area contributed by atoms with E-state index in [9.17, 15) is 29.9 Å². The van der Waals surface area contributed by atoms with Crippen LogP contribution in [0.2, 0.25) is 0 Å². The molecule has 0 spiro atoms. The lowest BCUT2D eigenvalue weighted by Gasteiger charge is -2.21. The number of aromatic hydroxyl groups is 2. The SMILES string of the molecule is O=C1c2cc(O)cc(Nc3ccccc3)c2C(=O)c2c1ccc([N+](=O)[O-])c2O. The predicted molar refractivity (Wildman–Crippen MR) is 99.5 cm³/mol. The maximum atomic E-state index is 13.1. The second-order valence-corrected chi connectivity index (χ2v) is 6.18. The van der Waals surface area contributed by atoms with Crippen molar-refractivity contribution in [2.24, 2.45) is 0 Å². The second kappa shape index (κ2) is 6.20. The number of anilines is 2. The minimum Gasteiger partial charge on any atom is -0.508 e. The number of carbonyl (C=O) groups excluding carboxylic acids is 2. The van der Waals surface area contributed by atoms with Gasteiger partial charge in [0.1, 0.15) is 5.75 Å². The average Bonchev–Trinajstić information content (AvgIpc) is 2.66. The molecule has 0 aliphatic heterocycles. The summed E-state index contributed by atoms with van der Waals surface area (Å²) in [5, 5.41) is 34.4. The van der Waals surface area contributed by atoms with Crippen molar-refractivity contribution in [2.45, 2.75) is 0 Å². The number of hydrogen-bond acceptors (Lipinski definition) is 7. The number of carbonyl (C=O) groups is 2. The first kappa shape index (κ1) is 17.2. The Morgan fingerprint density at radius 3 is 2.25 bits per heavy atom. The Morgan fingerprint density at radius 2 is 1.57 bits per heavy atom. The summed E-state index contributed by atoms with van der Waals surface area (Å²) in [7, 11) is 0. The number of nitrogens with zero attached hydrogens (tertiary/aromatic N) is 1. The first-order chi connectivity index (χ1) is 13.4. The number of ketones is 2. The van der Waals surface area contributed by atoms with Crippen LogP contribution in [0.25, 0.3) is 0 Å². The lowest BCUT2D eigenvalue weighted by molar-refractivity contribution is -0.385. The molecule has 0 unspecified atom stereocenters. The molecule has 3 aromatic rings. The van der Waals surface area contributed by atoms with Crippen LogP contribution in [-0.2, 0) is 0 Å². The van der Waals surface area contributed by atoms with Crippen LogP contribution in [0.3, 0.4) is 0 Å². The molecule has 0 atom stereocenters. The van der Waals surface area contributed by atoms with Crippen LogP contribution >= 0.6 is 0 Å². The number of nitro groups is 1. The van der Waals surface area contributed by atoms with E-state index >= 15 is 0 Å². The molecule has 3 aromatic carbocycles. The number of hydrogen-bond donors (Lipinski definition) is 3. The second-order valence-electron chi connectivity index (χ2n) is 6.18. The summed E-state index contributed by atoms with van der Waals surface area (Å²) in [4.78, 5) is 36.3. The molecule has 4 rings (SSSR count). The summed E-state index contributed by atoms with van der Waals surface area (Å²) < 4.78 is 0. The lowest BCUT2D eigenvalue weighted by atomic mass is 9.82. The molecule has 0 saturated carbocycles. The number of rotatable bonds is 3. The van der Waals surface area contributed by atoms with Crippen LogP contribution in [0, 0.1) is 10.1 Å². The van der Waals surface area contributed by atoms with Gasteiger partial charge in [0.2, 0.25) is 11.5 Å². The first-order valence-electron chi connectivity index (χ1n) is 8.17. The number of para-hydroxylation sites is 1. The van der Waals surface area contributed by atoms with E-state index in [0.29, 0.717) is 5.69 Å². The van der Waals surface area contributed by atoms with Crippen LogP contribution in [0.15, 0.2) is 54.6 Å². The summed E-state index contributed by atoms with van der Waals surface area (Å²) in [6.07, 6.45) is 0. The number of benzene rings is 3. The molecule has 0 bridgehead atoms. The molecule has 3 N–H and O–H groups in total. The molecule has 0 amide bonds. The van der Waals surface area contributed by atoms with E-state index in [1.165, 1.54) is 6.07 Å². The minimum absolute atomic E-state index is 0.0517. The maximum absolute atomic E-state index is 13.1. The zero-order chi connectivity index (χ0) is 20.0. The van der Waals surface area contributed by atoms with Gasteiger partial charge in [-0.2, -0.15) is 0 Å². The normalized spacial score (nSPS) is 12.3. The Kier molecular flexibility index (Phi) is 3.82. The fourth-order valence-electron chi connectivity index (χ4n) is 3.24. The highest BCUT2D eigenvalue weighted by Gasteiger charge is 2.37. The maximum Gasteiger partial charge on any atom is 0.311 e. The van der Waals surface area contributed by atoms with E-state index in [2.05, 4.69) is 5.32 Å². The van der Waals surface area contributed by atoms with E-state index in [-0.39, 0.29) is 28.1 Å². The Balaban J connectivity index is 1.94. The van der Waals surface area contributed by atoms with Gasteiger partial charge in [0.05, 0.1) is 21.7 Å². The Labute approximate surface area is 157 Å². The Hall–Kier alpha value is -4.20. The van der Waals surface area contributed by atoms with Gasteiger partial charge in [-0.1, -0.05) is 18.2 Å². The molecule has 0 saturated heterocycles. The zero-order valence-electron chi connectivity index (χ0n) is 14.2. The van der Waals surface area contributed by atoms with Gasteiger partial charge in [-0.05, 0) is 24.3 Å². The molecule has 8 nitrogen and oxygen atoms in total. The predicted octanol–water partition coefficient (Wildman–Crippen LogP) is 3.53. The Morgan fingerprint density at radius 1 is 0.857 bits per heavy atom. The highest BCUT2D eigenvalue weighted by Crippen LogP contribution is 2.42. The van der Waals surface area contributed by atoms with Crippen molar-refractivity contribution in [1.29, 1.82) is 0 Å². The molecule has 138 valence electrons. The number of phenols is 2. The van der Waals surface area contributed by atoms with Crippen molar-refractivity contribution in [2.75, 3.05) is 5.32 Å². The number of fused-ring (bicyclic) bond motifs is 2. The van der Waals surface area contributed by atoms with Crippen molar-refractivity contribution in [3.8, 4) is 11.5 Å². The smallest absolute Gasteiger partial charge is 0.311 e. The molecule has 0 fully saturated rings. The van der Waals surface area contributed by atoms with Crippen LogP contribution < -0.4 is 5.32 Å². The van der Waals surface area contributed by atoms with Crippen LogP contribution in [-0.4, -0.2) is 26.7 Å². The van der Waals surface area contributed by atoms with E-state index in [1.807, 2.05) is 0 Å². The van der Waals surface area contributed by atoms with Gasteiger partial charge in [0.15, 0.2) is 5.78 Å². The van der Waals surface area contributed by atoms with E-state index in [0.717, 1.165) is 18.2 Å². The minimum atomic E-state index is -0.856. The van der Waals surface area contributed by atoms with Crippen LogP contribution in [0.5, 0.6) is 11.5 Å². The van der Waals surface area contributed by atoms with Crippen molar-refractivity contribution in [1.82, 2.24) is 0 Å². The van der Waals surface area contributed by atoms with Gasteiger partial charge < -0.3 is 15.5 Å². The van der Waals surface area contributed by atoms with Gasteiger partial charge in [0, 0.05) is 28.9 Å². The number of nitro benzene ring substituents is 1. The van der Waals surface area contributed by atoms with Gasteiger partial charge in [-0.15, -0.1) is 0 Å². The van der Waals surface area contributed by atoms with Gasteiger partial charge in [-0.3, -0.25) is 19.7 Å². The highest BCUT2D eigenvalue weighted by atomic mass is 16.6. The van der Waals surface area contributed by atoms with Crippen LogP contribution in [0.4, 0.5) is 17.1 Å². The van der Waals surface area contributed by atoms with Crippen molar-refractivity contribution in [3.63, 3.8) is 0 Å². The van der Waals surface area contributed by atoms with Gasteiger partial charge >= 0.3 is 5.69 Å². The third kappa shape index (κ3) is 2.55. The standard InChI is InChI=1S/C20H12N2O6/c23-11-8-13-16(14(9-11)21-10-4-2-1-3-5-10)20(26)17-12(18(13)24)6-7-15(19(17)25)22(27)28/h1-9,21,23,25H. The van der Waals surface area contributed by atoms with E-state index in [4.69, 9.17) is 0 Å². The molecule has 1 aliphatic rings. The van der Waals surface area contributed by atoms with E-state index < -0.39 is 33.5 Å². The molecular formula is C20H12N2O6. The molecule has 0 radical (unpaired) electrons. The largest absolute Gasteiger partial charge is 0.508 e. The molecule has 0 aromatic heterocycles. The number of nitrogens with one attached hydrogen (secondary N) is 1. The molecule has 8 heteroatoms. The molecular weight excluding hydrogens is 364 g/mol. The highest BCUT2D eigenvalue weighted by molar-refractivity contribution is 6.31. The third-order valence-electron chi connectivity index (χ3n) is 4.47. The molecule has 1 aliphatic carbocycles. The molecule has 28 heavy (non-hydrogen) atoms. The van der Waals surface area contributed by atoms with Gasteiger partial charge in [0.25, 0.3) is 0 Å². The Bertz CT molecular complexity index is 1170. The summed E-state index contributed by atoms with van der Waals surface area (Å²) in [6, 6.07) is 13.3. The van der Waals surface area contributed by atoms with Crippen molar-refractivity contribution >= 4 is 28.6 Å². The fraction of sp³-hybridized carbons (Fsp3) is 0. The summed E-state index contributed by atoms with van der Waals surface area (Å²) in [5.74, 6) is -2.45. The van der Waals surface area contributed by atoms with Gasteiger partial charge in [-0.25, -0.2) is 0 Å². The number of phenolic OH excluding ortho intramolecular Hbond substituents is 2. The summed E-state index contributed by atoms with van der Waals surface area (Å²) in [6.45, 7) is 0. The first-order valence-corrected chi connectivity index (χ1v) is 8.17. The molecule has 0 heterocycles. The summed E-state index contributed by atoms with van der Waals surface area (Å²) >= 11 is 0. The van der Waals surface area contributed by atoms with Crippen LogP contribution in [0.1, 0.15) is 31.8 Å². The topological polar surface area (TPSA) is 130 Å². The average molecular weight is 376 g/mol.